The molecule has 0 spiro atoms. The Hall–Kier alpha value is -1.76. The smallest absolute Gasteiger partial charge is 0.295 e. The maximum atomic E-state index is 13.5. The molecule has 0 unspecified atom stereocenters. The van der Waals surface area contributed by atoms with Crippen LogP contribution in [0.15, 0.2) is 12.1 Å². The number of nitrogens with one attached hydrogen (secondary N) is 1. The Balaban J connectivity index is 3.29. The Morgan fingerprint density at radius 1 is 1.47 bits per heavy atom. The van der Waals surface area contributed by atoms with Crippen molar-refractivity contribution in [3.8, 4) is 0 Å². The molecule has 1 rings (SSSR count). The molecule has 0 heterocycles. The third-order valence-corrected chi connectivity index (χ3v) is 2.24. The number of nitro benzene ring substituents is 1. The highest BCUT2D eigenvalue weighted by atomic mass is 19.2. The Kier molecular flexibility index (Phi) is 3.62. The fraction of sp³-hybridized carbons (Fsp3) is 0.400. The average molecular weight is 245 g/mol. The molecule has 0 atom stereocenters. The number of hydrogen-bond acceptors (Lipinski definition) is 4. The second-order valence-electron chi connectivity index (χ2n) is 4.23. The van der Waals surface area contributed by atoms with Gasteiger partial charge in [0, 0.05) is 18.2 Å². The highest BCUT2D eigenvalue weighted by molar-refractivity contribution is 5.63. The SMILES string of the molecule is CC(C)(CN)Nc1c([N+](=O)[O-])ccc(F)c1F. The molecule has 0 saturated carbocycles. The molecule has 17 heavy (non-hydrogen) atoms. The lowest BCUT2D eigenvalue weighted by Gasteiger charge is -2.25. The number of nitro groups is 1. The Morgan fingerprint density at radius 2 is 2.06 bits per heavy atom. The largest absolute Gasteiger partial charge is 0.371 e. The van der Waals surface area contributed by atoms with Gasteiger partial charge in [0.2, 0.25) is 0 Å². The lowest BCUT2D eigenvalue weighted by molar-refractivity contribution is -0.384. The van der Waals surface area contributed by atoms with Crippen molar-refractivity contribution in [1.82, 2.24) is 0 Å². The third kappa shape index (κ3) is 2.88. The predicted octanol–water partition coefficient (Wildman–Crippen LogP) is 2.02. The van der Waals surface area contributed by atoms with Crippen molar-refractivity contribution in [3.05, 3.63) is 33.9 Å². The van der Waals surface area contributed by atoms with Crippen LogP contribution < -0.4 is 11.1 Å². The normalized spacial score (nSPS) is 11.4. The van der Waals surface area contributed by atoms with E-state index in [1.54, 1.807) is 13.8 Å². The number of nitrogens with zero attached hydrogens (tertiary/aromatic N) is 1. The molecule has 0 amide bonds. The van der Waals surface area contributed by atoms with Gasteiger partial charge in [-0.15, -0.1) is 0 Å². The van der Waals surface area contributed by atoms with E-state index < -0.39 is 33.5 Å². The van der Waals surface area contributed by atoms with Gasteiger partial charge in [-0.2, -0.15) is 0 Å². The van der Waals surface area contributed by atoms with Crippen molar-refractivity contribution in [3.63, 3.8) is 0 Å². The summed E-state index contributed by atoms with van der Waals surface area (Å²) < 4.78 is 26.5. The van der Waals surface area contributed by atoms with E-state index in [1.807, 2.05) is 0 Å². The summed E-state index contributed by atoms with van der Waals surface area (Å²) in [5.41, 5.74) is 3.64. The van der Waals surface area contributed by atoms with E-state index in [1.165, 1.54) is 0 Å². The molecular weight excluding hydrogens is 232 g/mol. The minimum absolute atomic E-state index is 0.111. The number of anilines is 1. The highest BCUT2D eigenvalue weighted by Gasteiger charge is 2.26. The second kappa shape index (κ2) is 4.62. The van der Waals surface area contributed by atoms with Gasteiger partial charge in [-0.05, 0) is 19.9 Å². The lowest BCUT2D eigenvalue weighted by Crippen LogP contribution is -2.39. The van der Waals surface area contributed by atoms with E-state index >= 15 is 0 Å². The molecule has 0 saturated heterocycles. The van der Waals surface area contributed by atoms with Crippen LogP contribution in [0.2, 0.25) is 0 Å². The van der Waals surface area contributed by atoms with Gasteiger partial charge in [0.15, 0.2) is 17.3 Å². The molecule has 7 heteroatoms. The minimum atomic E-state index is -1.28. The maximum Gasteiger partial charge on any atom is 0.295 e. The van der Waals surface area contributed by atoms with Crippen LogP contribution >= 0.6 is 0 Å². The summed E-state index contributed by atoms with van der Waals surface area (Å²) in [6, 6.07) is 1.63. The summed E-state index contributed by atoms with van der Waals surface area (Å²) in [5.74, 6) is -2.42. The van der Waals surface area contributed by atoms with Gasteiger partial charge in [0.1, 0.15) is 0 Å². The second-order valence-corrected chi connectivity index (χ2v) is 4.23. The fourth-order valence-corrected chi connectivity index (χ4v) is 1.20. The van der Waals surface area contributed by atoms with Crippen molar-refractivity contribution >= 4 is 11.4 Å². The van der Waals surface area contributed by atoms with Gasteiger partial charge in [-0.3, -0.25) is 10.1 Å². The first-order valence-electron chi connectivity index (χ1n) is 4.89. The van der Waals surface area contributed by atoms with Gasteiger partial charge in [0.05, 0.1) is 4.92 Å². The van der Waals surface area contributed by atoms with Crippen molar-refractivity contribution < 1.29 is 13.7 Å². The Morgan fingerprint density at radius 3 is 2.53 bits per heavy atom. The first-order chi connectivity index (χ1) is 7.78. The Bertz CT molecular complexity index is 449. The van der Waals surface area contributed by atoms with Crippen molar-refractivity contribution in [2.24, 2.45) is 5.73 Å². The van der Waals surface area contributed by atoms with Crippen LogP contribution in [0.3, 0.4) is 0 Å². The summed E-state index contributed by atoms with van der Waals surface area (Å²) >= 11 is 0. The fourth-order valence-electron chi connectivity index (χ4n) is 1.20. The van der Waals surface area contributed by atoms with Crippen LogP contribution in [0, 0.1) is 21.7 Å². The molecule has 0 bridgehead atoms. The zero-order chi connectivity index (χ0) is 13.2. The molecule has 5 nitrogen and oxygen atoms in total. The molecule has 1 aromatic rings. The third-order valence-electron chi connectivity index (χ3n) is 2.24. The van der Waals surface area contributed by atoms with Gasteiger partial charge < -0.3 is 11.1 Å². The molecular formula is C10H13F2N3O2. The zero-order valence-electron chi connectivity index (χ0n) is 9.46. The van der Waals surface area contributed by atoms with Crippen LogP contribution in [0.4, 0.5) is 20.2 Å². The molecule has 0 aliphatic heterocycles. The van der Waals surface area contributed by atoms with E-state index in [0.29, 0.717) is 6.07 Å². The van der Waals surface area contributed by atoms with Gasteiger partial charge in [-0.1, -0.05) is 0 Å². The molecule has 3 N–H and O–H groups in total. The number of benzene rings is 1. The number of nitrogens with two attached hydrogens (primary N) is 1. The standard InChI is InChI=1S/C10H13F2N3O2/c1-10(2,5-13)14-9-7(15(16)17)4-3-6(11)8(9)12/h3-4,14H,5,13H2,1-2H3. The van der Waals surface area contributed by atoms with Crippen LogP contribution in [-0.2, 0) is 0 Å². The zero-order valence-corrected chi connectivity index (χ0v) is 9.46. The summed E-state index contributed by atoms with van der Waals surface area (Å²) in [5, 5.41) is 13.2. The first-order valence-corrected chi connectivity index (χ1v) is 4.89. The van der Waals surface area contributed by atoms with Gasteiger partial charge in [0.25, 0.3) is 5.69 Å². The van der Waals surface area contributed by atoms with E-state index in [9.17, 15) is 18.9 Å². The first kappa shape index (κ1) is 13.3. The summed E-state index contributed by atoms with van der Waals surface area (Å²) in [7, 11) is 0. The number of rotatable bonds is 4. The monoisotopic (exact) mass is 245 g/mol. The van der Waals surface area contributed by atoms with Gasteiger partial charge >= 0.3 is 0 Å². The molecule has 0 fully saturated rings. The molecule has 1 aromatic carbocycles. The molecule has 0 aliphatic rings. The quantitative estimate of drug-likeness (QED) is 0.628. The minimum Gasteiger partial charge on any atom is -0.371 e. The number of halogens is 2. The lowest BCUT2D eigenvalue weighted by atomic mass is 10.1. The molecule has 0 radical (unpaired) electrons. The molecule has 0 aliphatic carbocycles. The van der Waals surface area contributed by atoms with E-state index in [2.05, 4.69) is 5.32 Å². The van der Waals surface area contributed by atoms with E-state index in [-0.39, 0.29) is 6.54 Å². The topological polar surface area (TPSA) is 81.2 Å². The summed E-state index contributed by atoms with van der Waals surface area (Å²) in [4.78, 5) is 9.92. The van der Waals surface area contributed by atoms with Gasteiger partial charge in [-0.25, -0.2) is 8.78 Å². The van der Waals surface area contributed by atoms with Crippen molar-refractivity contribution in [2.75, 3.05) is 11.9 Å². The summed E-state index contributed by atoms with van der Waals surface area (Å²) in [6.07, 6.45) is 0. The number of hydrogen-bond donors (Lipinski definition) is 2. The van der Waals surface area contributed by atoms with Crippen LogP contribution in [0.25, 0.3) is 0 Å². The van der Waals surface area contributed by atoms with Crippen LogP contribution in [-0.4, -0.2) is 17.0 Å². The predicted molar refractivity (Wildman–Crippen MR) is 59.8 cm³/mol. The summed E-state index contributed by atoms with van der Waals surface area (Å²) in [6.45, 7) is 3.36. The van der Waals surface area contributed by atoms with E-state index in [4.69, 9.17) is 5.73 Å². The molecule has 94 valence electrons. The average Bonchev–Trinajstić information content (AvgIpc) is 2.24. The van der Waals surface area contributed by atoms with Crippen LogP contribution in [0.5, 0.6) is 0 Å². The Labute approximate surface area is 96.8 Å². The van der Waals surface area contributed by atoms with Crippen molar-refractivity contribution in [1.29, 1.82) is 0 Å². The van der Waals surface area contributed by atoms with E-state index in [0.717, 1.165) is 6.07 Å². The maximum absolute atomic E-state index is 13.5. The van der Waals surface area contributed by atoms with Crippen molar-refractivity contribution in [2.45, 2.75) is 19.4 Å². The molecule has 0 aromatic heterocycles. The van der Waals surface area contributed by atoms with Crippen LogP contribution in [0.1, 0.15) is 13.8 Å². The highest BCUT2D eigenvalue weighted by Crippen LogP contribution is 2.31.